The average Bonchev–Trinajstić information content (AvgIpc) is 3.06. The van der Waals surface area contributed by atoms with Gasteiger partial charge >= 0.3 is 0 Å². The van der Waals surface area contributed by atoms with Gasteiger partial charge in [0.1, 0.15) is 5.78 Å². The van der Waals surface area contributed by atoms with Crippen LogP contribution in [-0.2, 0) is 4.79 Å². The third-order valence-corrected chi connectivity index (χ3v) is 10.6. The first kappa shape index (κ1) is 21.4. The van der Waals surface area contributed by atoms with E-state index in [-0.39, 0.29) is 5.41 Å². The average molecular weight is 417 g/mol. The van der Waals surface area contributed by atoms with Crippen LogP contribution in [0.2, 0.25) is 0 Å². The number of carbonyl (C=O) groups is 1. The van der Waals surface area contributed by atoms with Gasteiger partial charge in [-0.15, -0.1) is 0 Å². The smallest absolute Gasteiger partial charge is 0.150 e. The molecule has 0 spiro atoms. The van der Waals surface area contributed by atoms with E-state index in [4.69, 9.17) is 0 Å². The van der Waals surface area contributed by atoms with Crippen LogP contribution in [0.5, 0.6) is 0 Å². The standard InChI is InChI=1S/C26H44N2O2/c1-25(30)10-8-19-18(16-25)4-5-21-20(19)9-11-26(2)22(21)6-7-23(26)24(29)17-28-14-12-27(3)13-15-28/h18-23,30H,4-17H2,1-3H3/t18-,19+,20-,21-,22+,23-,25-,26+/m1/s1. The maximum absolute atomic E-state index is 13.4. The molecule has 1 heterocycles. The first-order chi connectivity index (χ1) is 14.3. The Bertz CT molecular complexity index is 655. The zero-order valence-electron chi connectivity index (χ0n) is 19.6. The number of hydrogen-bond acceptors (Lipinski definition) is 4. The van der Waals surface area contributed by atoms with Gasteiger partial charge in [-0.05, 0) is 107 Å². The number of likely N-dealkylation sites (N-methyl/N-ethyl adjacent to an activating group) is 1. The number of ketones is 1. The normalized spacial score (nSPS) is 49.9. The molecule has 170 valence electrons. The van der Waals surface area contributed by atoms with Crippen molar-refractivity contribution < 1.29 is 9.90 Å². The van der Waals surface area contributed by atoms with Crippen molar-refractivity contribution in [2.24, 2.45) is 40.9 Å². The number of aliphatic hydroxyl groups is 1. The molecule has 1 N–H and O–H groups in total. The van der Waals surface area contributed by atoms with E-state index in [0.717, 1.165) is 75.0 Å². The summed E-state index contributed by atoms with van der Waals surface area (Å²) in [5.74, 6) is 4.90. The highest BCUT2D eigenvalue weighted by molar-refractivity contribution is 5.84. The number of nitrogens with zero attached hydrogens (tertiary/aromatic N) is 2. The number of rotatable bonds is 3. The molecule has 0 amide bonds. The third kappa shape index (κ3) is 3.69. The van der Waals surface area contributed by atoms with E-state index < -0.39 is 5.60 Å². The van der Waals surface area contributed by atoms with Crippen LogP contribution in [0.25, 0.3) is 0 Å². The molecule has 0 aromatic carbocycles. The van der Waals surface area contributed by atoms with Crippen molar-refractivity contribution in [1.82, 2.24) is 9.80 Å². The number of Topliss-reactive ketones (excluding diaryl/α,β-unsaturated/α-hetero) is 1. The van der Waals surface area contributed by atoms with Gasteiger partial charge < -0.3 is 10.0 Å². The highest BCUT2D eigenvalue weighted by atomic mass is 16.3. The largest absolute Gasteiger partial charge is 0.390 e. The Kier molecular flexibility index (Phi) is 5.60. The summed E-state index contributed by atoms with van der Waals surface area (Å²) in [5.41, 5.74) is -0.177. The van der Waals surface area contributed by atoms with Gasteiger partial charge in [0, 0.05) is 32.1 Å². The van der Waals surface area contributed by atoms with Crippen LogP contribution < -0.4 is 0 Å². The van der Waals surface area contributed by atoms with Crippen molar-refractivity contribution in [2.45, 2.75) is 77.2 Å². The fraction of sp³-hybridized carbons (Fsp3) is 0.962. The van der Waals surface area contributed by atoms with Gasteiger partial charge in [-0.3, -0.25) is 9.69 Å². The molecule has 1 aliphatic heterocycles. The summed E-state index contributed by atoms with van der Waals surface area (Å²) in [6, 6.07) is 0. The Morgan fingerprint density at radius 1 is 0.900 bits per heavy atom. The maximum Gasteiger partial charge on any atom is 0.150 e. The highest BCUT2D eigenvalue weighted by Gasteiger charge is 2.58. The molecule has 0 radical (unpaired) electrons. The molecule has 4 saturated carbocycles. The Balaban J connectivity index is 1.26. The fourth-order valence-corrected chi connectivity index (χ4v) is 8.95. The van der Waals surface area contributed by atoms with Crippen LogP contribution in [0, 0.1) is 40.9 Å². The van der Waals surface area contributed by atoms with Crippen LogP contribution in [0.4, 0.5) is 0 Å². The first-order valence-corrected chi connectivity index (χ1v) is 12.9. The number of hydrogen-bond donors (Lipinski definition) is 1. The topological polar surface area (TPSA) is 43.8 Å². The minimum absolute atomic E-state index is 0.248. The van der Waals surface area contributed by atoms with E-state index in [1.54, 1.807) is 0 Å². The van der Waals surface area contributed by atoms with Crippen LogP contribution in [-0.4, -0.2) is 66.1 Å². The molecule has 4 aliphatic carbocycles. The molecule has 30 heavy (non-hydrogen) atoms. The minimum atomic E-state index is -0.425. The van der Waals surface area contributed by atoms with Gasteiger partial charge in [-0.1, -0.05) is 6.92 Å². The van der Waals surface area contributed by atoms with E-state index in [2.05, 4.69) is 30.7 Å². The molecule has 0 bridgehead atoms. The van der Waals surface area contributed by atoms with Gasteiger partial charge in [0.2, 0.25) is 0 Å². The summed E-state index contributed by atoms with van der Waals surface area (Å²) in [5, 5.41) is 10.6. The number of fused-ring (bicyclic) bond motifs is 5. The lowest BCUT2D eigenvalue weighted by atomic mass is 9.49. The van der Waals surface area contributed by atoms with Gasteiger partial charge in [-0.2, -0.15) is 0 Å². The van der Waals surface area contributed by atoms with Crippen molar-refractivity contribution in [2.75, 3.05) is 39.8 Å². The second-order valence-electron chi connectivity index (χ2n) is 12.4. The quantitative estimate of drug-likeness (QED) is 0.760. The maximum atomic E-state index is 13.4. The van der Waals surface area contributed by atoms with Crippen molar-refractivity contribution in [1.29, 1.82) is 0 Å². The molecule has 4 heteroatoms. The van der Waals surface area contributed by atoms with E-state index in [1.165, 1.54) is 38.5 Å². The summed E-state index contributed by atoms with van der Waals surface area (Å²) >= 11 is 0. The molecule has 0 aromatic rings. The van der Waals surface area contributed by atoms with Crippen LogP contribution in [0.1, 0.15) is 71.6 Å². The predicted molar refractivity (Wildman–Crippen MR) is 120 cm³/mol. The van der Waals surface area contributed by atoms with E-state index in [9.17, 15) is 9.90 Å². The van der Waals surface area contributed by atoms with Gasteiger partial charge in [0.05, 0.1) is 12.1 Å². The summed E-state index contributed by atoms with van der Waals surface area (Å²) < 4.78 is 0. The molecular weight excluding hydrogens is 372 g/mol. The van der Waals surface area contributed by atoms with Crippen LogP contribution in [0.3, 0.4) is 0 Å². The van der Waals surface area contributed by atoms with E-state index in [1.807, 2.05) is 0 Å². The van der Waals surface area contributed by atoms with Crippen molar-refractivity contribution >= 4 is 5.78 Å². The third-order valence-electron chi connectivity index (χ3n) is 10.6. The van der Waals surface area contributed by atoms with Crippen molar-refractivity contribution in [3.63, 3.8) is 0 Å². The van der Waals surface area contributed by atoms with E-state index in [0.29, 0.717) is 18.2 Å². The molecular formula is C26H44N2O2. The Hall–Kier alpha value is -0.450. The minimum Gasteiger partial charge on any atom is -0.390 e. The number of carbonyl (C=O) groups excluding carboxylic acids is 1. The molecule has 4 nitrogen and oxygen atoms in total. The lowest BCUT2D eigenvalue weighted by Gasteiger charge is -2.57. The Morgan fingerprint density at radius 3 is 2.40 bits per heavy atom. The second-order valence-corrected chi connectivity index (χ2v) is 12.4. The van der Waals surface area contributed by atoms with Gasteiger partial charge in [0.25, 0.3) is 0 Å². The molecule has 0 aromatic heterocycles. The summed E-state index contributed by atoms with van der Waals surface area (Å²) in [4.78, 5) is 18.2. The van der Waals surface area contributed by atoms with Gasteiger partial charge in [0.15, 0.2) is 0 Å². The fourth-order valence-electron chi connectivity index (χ4n) is 8.95. The lowest BCUT2D eigenvalue weighted by molar-refractivity contribution is -0.133. The SMILES string of the molecule is CN1CCN(CC(=O)[C@H]2CC[C@H]3[C@@H]4CC[C@@H]5C[C@](C)(O)CC[C@@H]5[C@H]4CC[C@]23C)CC1. The molecule has 5 rings (SSSR count). The lowest BCUT2D eigenvalue weighted by Crippen LogP contribution is -2.52. The first-order valence-electron chi connectivity index (χ1n) is 12.9. The Labute approximate surface area is 183 Å². The highest BCUT2D eigenvalue weighted by Crippen LogP contribution is 2.64. The molecule has 0 unspecified atom stereocenters. The van der Waals surface area contributed by atoms with Crippen LogP contribution in [0.15, 0.2) is 0 Å². The Morgan fingerprint density at radius 2 is 1.63 bits per heavy atom. The summed E-state index contributed by atoms with van der Waals surface area (Å²) in [6.07, 6.45) is 10.9. The summed E-state index contributed by atoms with van der Waals surface area (Å²) in [6.45, 7) is 9.52. The second kappa shape index (κ2) is 7.85. The molecule has 8 atom stereocenters. The van der Waals surface area contributed by atoms with Gasteiger partial charge in [-0.25, -0.2) is 0 Å². The van der Waals surface area contributed by atoms with Crippen molar-refractivity contribution in [3.05, 3.63) is 0 Å². The number of piperazine rings is 1. The van der Waals surface area contributed by atoms with E-state index >= 15 is 0 Å². The monoisotopic (exact) mass is 416 g/mol. The van der Waals surface area contributed by atoms with Crippen LogP contribution >= 0.6 is 0 Å². The molecule has 1 saturated heterocycles. The molecule has 5 aliphatic rings. The predicted octanol–water partition coefficient (Wildman–Crippen LogP) is 3.82. The molecule has 5 fully saturated rings. The van der Waals surface area contributed by atoms with Crippen molar-refractivity contribution in [3.8, 4) is 0 Å². The summed E-state index contributed by atoms with van der Waals surface area (Å²) in [7, 11) is 2.18. The zero-order chi connectivity index (χ0) is 21.1. The zero-order valence-corrected chi connectivity index (χ0v) is 19.6.